The number of nitrogens with zero attached hydrogens (tertiary/aromatic N) is 2. The number of rotatable bonds is 3. The number of ether oxygens (including phenoxy) is 1. The second-order valence-electron chi connectivity index (χ2n) is 5.97. The molecule has 4 nitrogen and oxygen atoms in total. The Hall–Kier alpha value is -1.24. The number of esters is 1. The summed E-state index contributed by atoms with van der Waals surface area (Å²) in [5.41, 5.74) is 2.39. The number of carbonyl (C=O) groups is 1. The van der Waals surface area contributed by atoms with Crippen molar-refractivity contribution >= 4 is 27.7 Å². The summed E-state index contributed by atoms with van der Waals surface area (Å²) in [4.78, 5) is 18.5. The van der Waals surface area contributed by atoms with Gasteiger partial charge in [0.15, 0.2) is 5.69 Å². The lowest BCUT2D eigenvalue weighted by atomic mass is 10.0. The maximum atomic E-state index is 13.4. The second-order valence-corrected chi connectivity index (χ2v) is 6.77. The summed E-state index contributed by atoms with van der Waals surface area (Å²) < 4.78 is 32.6. The normalized spacial score (nSPS) is 19.6. The highest BCUT2D eigenvalue weighted by Crippen LogP contribution is 2.39. The molecule has 0 saturated carbocycles. The first-order valence-corrected chi connectivity index (χ1v) is 8.73. The van der Waals surface area contributed by atoms with Crippen LogP contribution in [0.4, 0.5) is 14.6 Å². The summed E-state index contributed by atoms with van der Waals surface area (Å²) in [7, 11) is 0. The molecule has 2 heterocycles. The molecule has 23 heavy (non-hydrogen) atoms. The van der Waals surface area contributed by atoms with E-state index in [4.69, 9.17) is 4.74 Å². The molecule has 1 aromatic heterocycles. The van der Waals surface area contributed by atoms with E-state index in [1.54, 1.807) is 6.92 Å². The van der Waals surface area contributed by atoms with Crippen LogP contribution in [0.25, 0.3) is 0 Å². The zero-order chi connectivity index (χ0) is 16.6. The number of hydrogen-bond donors (Lipinski definition) is 0. The number of fused-ring (bicyclic) bond motifs is 1. The highest BCUT2D eigenvalue weighted by molar-refractivity contribution is 9.10. The first-order valence-electron chi connectivity index (χ1n) is 7.94. The van der Waals surface area contributed by atoms with Crippen molar-refractivity contribution in [2.24, 2.45) is 0 Å². The van der Waals surface area contributed by atoms with E-state index in [0.29, 0.717) is 10.3 Å². The Kier molecular flexibility index (Phi) is 4.58. The zero-order valence-electron chi connectivity index (χ0n) is 13.0. The summed E-state index contributed by atoms with van der Waals surface area (Å²) in [6, 6.07) is 0. The maximum Gasteiger partial charge on any atom is 0.358 e. The third kappa shape index (κ3) is 3.20. The summed E-state index contributed by atoms with van der Waals surface area (Å²) in [5.74, 6) is -2.39. The van der Waals surface area contributed by atoms with Crippen LogP contribution in [0.15, 0.2) is 4.47 Å². The van der Waals surface area contributed by atoms with Gasteiger partial charge in [-0.3, -0.25) is 0 Å². The molecule has 0 unspecified atom stereocenters. The van der Waals surface area contributed by atoms with Crippen LogP contribution in [-0.4, -0.2) is 36.6 Å². The summed E-state index contributed by atoms with van der Waals surface area (Å²) in [5, 5.41) is 0. The Morgan fingerprint density at radius 3 is 2.61 bits per heavy atom. The molecule has 0 atom stereocenters. The number of piperidine rings is 1. The van der Waals surface area contributed by atoms with Gasteiger partial charge in [0.25, 0.3) is 5.92 Å². The van der Waals surface area contributed by atoms with Gasteiger partial charge in [-0.2, -0.15) is 0 Å². The predicted octanol–water partition coefficient (Wildman–Crippen LogP) is 3.75. The molecule has 0 N–H and O–H groups in total. The van der Waals surface area contributed by atoms with Crippen molar-refractivity contribution in [1.82, 2.24) is 4.98 Å². The zero-order valence-corrected chi connectivity index (χ0v) is 14.6. The molecule has 1 saturated heterocycles. The lowest BCUT2D eigenvalue weighted by Crippen LogP contribution is -2.40. The lowest BCUT2D eigenvalue weighted by Gasteiger charge is -2.34. The predicted molar refractivity (Wildman–Crippen MR) is 86.3 cm³/mol. The minimum Gasteiger partial charge on any atom is -0.461 e. The molecule has 1 aromatic rings. The van der Waals surface area contributed by atoms with Gasteiger partial charge in [-0.25, -0.2) is 18.6 Å². The van der Waals surface area contributed by atoms with Crippen LogP contribution < -0.4 is 4.90 Å². The van der Waals surface area contributed by atoms with Gasteiger partial charge < -0.3 is 9.64 Å². The van der Waals surface area contributed by atoms with Gasteiger partial charge in [-0.1, -0.05) is 0 Å². The Morgan fingerprint density at radius 1 is 1.30 bits per heavy atom. The first-order chi connectivity index (χ1) is 10.9. The Bertz CT molecular complexity index is 627. The van der Waals surface area contributed by atoms with Crippen molar-refractivity contribution in [3.8, 4) is 0 Å². The van der Waals surface area contributed by atoms with Crippen LogP contribution in [0, 0.1) is 0 Å². The topological polar surface area (TPSA) is 42.4 Å². The first kappa shape index (κ1) is 16.6. The quantitative estimate of drug-likeness (QED) is 0.739. The van der Waals surface area contributed by atoms with E-state index in [1.807, 2.05) is 4.90 Å². The number of aromatic nitrogens is 1. The van der Waals surface area contributed by atoms with Gasteiger partial charge in [0.2, 0.25) is 0 Å². The third-order valence-electron chi connectivity index (χ3n) is 4.44. The molecule has 3 rings (SSSR count). The molecule has 7 heteroatoms. The highest BCUT2D eigenvalue weighted by Gasteiger charge is 2.36. The monoisotopic (exact) mass is 388 g/mol. The van der Waals surface area contributed by atoms with Crippen LogP contribution in [0.2, 0.25) is 0 Å². The molecule has 0 amide bonds. The van der Waals surface area contributed by atoms with Crippen LogP contribution in [-0.2, 0) is 17.6 Å². The lowest BCUT2D eigenvalue weighted by molar-refractivity contribution is -0.0222. The van der Waals surface area contributed by atoms with E-state index in [9.17, 15) is 13.6 Å². The number of halogens is 3. The third-order valence-corrected chi connectivity index (χ3v) is 5.30. The number of anilines is 1. The second kappa shape index (κ2) is 6.34. The molecule has 0 bridgehead atoms. The number of carbonyl (C=O) groups excluding carboxylic acids is 1. The SMILES string of the molecule is CCOC(=O)c1nc(N2CCC(F)(F)CC2)c2c(c1Br)CCC2. The van der Waals surface area contributed by atoms with E-state index in [2.05, 4.69) is 20.9 Å². The molecule has 126 valence electrons. The van der Waals surface area contributed by atoms with Gasteiger partial charge in [-0.15, -0.1) is 0 Å². The van der Waals surface area contributed by atoms with E-state index >= 15 is 0 Å². The van der Waals surface area contributed by atoms with Crippen molar-refractivity contribution in [3.63, 3.8) is 0 Å². The highest BCUT2D eigenvalue weighted by atomic mass is 79.9. The number of pyridine rings is 1. The standard InChI is InChI=1S/C16H19BrF2N2O2/c1-2-23-15(22)13-12(17)10-4-3-5-11(10)14(20-13)21-8-6-16(18,19)7-9-21/h2-9H2,1H3. The van der Waals surface area contributed by atoms with Gasteiger partial charge in [0.1, 0.15) is 5.82 Å². The van der Waals surface area contributed by atoms with Crippen molar-refractivity contribution < 1.29 is 18.3 Å². The Balaban J connectivity index is 1.98. The van der Waals surface area contributed by atoms with Crippen molar-refractivity contribution in [3.05, 3.63) is 21.3 Å². The minimum absolute atomic E-state index is 0.172. The average Bonchev–Trinajstić information content (AvgIpc) is 2.98. The van der Waals surface area contributed by atoms with E-state index < -0.39 is 11.9 Å². The van der Waals surface area contributed by atoms with Crippen molar-refractivity contribution in [2.45, 2.75) is 45.0 Å². The molecule has 0 spiro atoms. The van der Waals surface area contributed by atoms with Crippen molar-refractivity contribution in [2.75, 3.05) is 24.6 Å². The molecule has 2 aliphatic rings. The van der Waals surface area contributed by atoms with Gasteiger partial charge in [0, 0.05) is 25.9 Å². The van der Waals surface area contributed by atoms with Crippen LogP contribution in [0.3, 0.4) is 0 Å². The number of hydrogen-bond acceptors (Lipinski definition) is 4. The molecule has 1 aliphatic carbocycles. The molecule has 1 fully saturated rings. The van der Waals surface area contributed by atoms with Gasteiger partial charge >= 0.3 is 5.97 Å². The fourth-order valence-corrected chi connectivity index (χ4v) is 3.93. The van der Waals surface area contributed by atoms with Crippen LogP contribution in [0.5, 0.6) is 0 Å². The molecular weight excluding hydrogens is 370 g/mol. The molecule has 0 radical (unpaired) electrons. The van der Waals surface area contributed by atoms with Crippen LogP contribution >= 0.6 is 15.9 Å². The maximum absolute atomic E-state index is 13.4. The van der Waals surface area contributed by atoms with Crippen molar-refractivity contribution in [1.29, 1.82) is 0 Å². The van der Waals surface area contributed by atoms with Crippen LogP contribution in [0.1, 0.15) is 47.8 Å². The summed E-state index contributed by atoms with van der Waals surface area (Å²) in [6.07, 6.45) is 2.37. The van der Waals surface area contributed by atoms with Gasteiger partial charge in [0.05, 0.1) is 11.1 Å². The molecular formula is C16H19BrF2N2O2. The molecule has 1 aliphatic heterocycles. The van der Waals surface area contributed by atoms with Gasteiger partial charge in [-0.05, 0) is 53.2 Å². The smallest absolute Gasteiger partial charge is 0.358 e. The fourth-order valence-electron chi connectivity index (χ4n) is 3.24. The fraction of sp³-hybridized carbons (Fsp3) is 0.625. The average molecular weight is 389 g/mol. The van der Waals surface area contributed by atoms with E-state index in [1.165, 1.54) is 0 Å². The Morgan fingerprint density at radius 2 is 1.96 bits per heavy atom. The Labute approximate surface area is 142 Å². The number of alkyl halides is 2. The van der Waals surface area contributed by atoms with E-state index in [-0.39, 0.29) is 38.2 Å². The largest absolute Gasteiger partial charge is 0.461 e. The summed E-state index contributed by atoms with van der Waals surface area (Å²) in [6.45, 7) is 2.54. The summed E-state index contributed by atoms with van der Waals surface area (Å²) >= 11 is 3.48. The minimum atomic E-state index is -2.60. The van der Waals surface area contributed by atoms with E-state index in [0.717, 1.165) is 30.4 Å². The molecule has 0 aromatic carbocycles.